The number of thiophene rings is 1. The fourth-order valence-corrected chi connectivity index (χ4v) is 3.07. The summed E-state index contributed by atoms with van der Waals surface area (Å²) in [7, 11) is 1.89. The molecule has 0 aliphatic heterocycles. The van der Waals surface area contributed by atoms with Crippen LogP contribution >= 0.6 is 22.9 Å². The van der Waals surface area contributed by atoms with E-state index in [0.29, 0.717) is 0 Å². The maximum Gasteiger partial charge on any atom is 0.141 e. The quantitative estimate of drug-likeness (QED) is 0.882. The lowest BCUT2D eigenvalue weighted by molar-refractivity contribution is 0.624. The number of hydrogen-bond acceptors (Lipinski definition) is 2. The predicted octanol–water partition coefficient (Wildman–Crippen LogP) is 4.16. The Kier molecular flexibility index (Phi) is 3.82. The smallest absolute Gasteiger partial charge is 0.141 e. The zero-order valence-electron chi connectivity index (χ0n) is 9.63. The molecular weight excluding hydrogens is 257 g/mol. The van der Waals surface area contributed by atoms with Crippen LogP contribution < -0.4 is 5.32 Å². The van der Waals surface area contributed by atoms with Crippen molar-refractivity contribution in [2.45, 2.75) is 13.0 Å². The van der Waals surface area contributed by atoms with Crippen LogP contribution in [-0.4, -0.2) is 7.05 Å². The van der Waals surface area contributed by atoms with E-state index >= 15 is 0 Å². The summed E-state index contributed by atoms with van der Waals surface area (Å²) in [5.74, 6) is -0.381. The summed E-state index contributed by atoms with van der Waals surface area (Å²) in [4.78, 5) is 1.23. The van der Waals surface area contributed by atoms with Gasteiger partial charge in [-0.05, 0) is 48.7 Å². The van der Waals surface area contributed by atoms with E-state index in [2.05, 4.69) is 23.7 Å². The Balaban J connectivity index is 2.42. The minimum Gasteiger partial charge on any atom is -0.309 e. The SMILES string of the molecule is CNC(c1ccc(F)c(Cl)c1)c1sccc1C. The molecule has 1 atom stereocenters. The van der Waals surface area contributed by atoms with E-state index < -0.39 is 0 Å². The van der Waals surface area contributed by atoms with Gasteiger partial charge in [-0.15, -0.1) is 11.3 Å². The number of aryl methyl sites for hydroxylation is 1. The van der Waals surface area contributed by atoms with Crippen LogP contribution in [0.3, 0.4) is 0 Å². The van der Waals surface area contributed by atoms with Crippen LogP contribution in [0.5, 0.6) is 0 Å². The third-order valence-corrected chi connectivity index (χ3v) is 4.10. The third kappa shape index (κ3) is 2.51. The Morgan fingerprint density at radius 2 is 2.12 bits per heavy atom. The number of nitrogens with one attached hydrogen (secondary N) is 1. The number of benzene rings is 1. The second-order valence-electron chi connectivity index (χ2n) is 3.86. The van der Waals surface area contributed by atoms with Crippen molar-refractivity contribution in [1.29, 1.82) is 0 Å². The molecule has 17 heavy (non-hydrogen) atoms. The van der Waals surface area contributed by atoms with Gasteiger partial charge in [0.2, 0.25) is 0 Å². The molecule has 4 heteroatoms. The Morgan fingerprint density at radius 1 is 1.35 bits per heavy atom. The lowest BCUT2D eigenvalue weighted by Gasteiger charge is -2.16. The van der Waals surface area contributed by atoms with Crippen molar-refractivity contribution >= 4 is 22.9 Å². The largest absolute Gasteiger partial charge is 0.309 e. The Bertz CT molecular complexity index is 524. The fourth-order valence-electron chi connectivity index (χ4n) is 1.82. The minimum atomic E-state index is -0.381. The second-order valence-corrected chi connectivity index (χ2v) is 5.22. The molecular formula is C13H13ClFNS. The van der Waals surface area contributed by atoms with Gasteiger partial charge in [0, 0.05) is 4.88 Å². The molecule has 1 nitrogen and oxygen atoms in total. The average Bonchev–Trinajstić information content (AvgIpc) is 2.71. The van der Waals surface area contributed by atoms with E-state index in [1.165, 1.54) is 16.5 Å². The van der Waals surface area contributed by atoms with Crippen LogP contribution in [0.15, 0.2) is 29.6 Å². The van der Waals surface area contributed by atoms with Gasteiger partial charge < -0.3 is 5.32 Å². The van der Waals surface area contributed by atoms with Crippen LogP contribution in [0.4, 0.5) is 4.39 Å². The van der Waals surface area contributed by atoms with Crippen LogP contribution in [-0.2, 0) is 0 Å². The van der Waals surface area contributed by atoms with Crippen molar-refractivity contribution in [2.75, 3.05) is 7.05 Å². The Morgan fingerprint density at radius 3 is 2.65 bits per heavy atom. The van der Waals surface area contributed by atoms with Gasteiger partial charge in [-0.2, -0.15) is 0 Å². The summed E-state index contributed by atoms with van der Waals surface area (Å²) in [6.45, 7) is 2.07. The molecule has 2 aromatic rings. The van der Waals surface area contributed by atoms with E-state index in [-0.39, 0.29) is 16.9 Å². The third-order valence-electron chi connectivity index (χ3n) is 2.73. The number of hydrogen-bond donors (Lipinski definition) is 1. The van der Waals surface area contributed by atoms with Gasteiger partial charge >= 0.3 is 0 Å². The number of halogens is 2. The molecule has 0 saturated heterocycles. The van der Waals surface area contributed by atoms with Crippen LogP contribution in [0, 0.1) is 12.7 Å². The van der Waals surface area contributed by atoms with Crippen molar-refractivity contribution in [3.63, 3.8) is 0 Å². The van der Waals surface area contributed by atoms with Crippen LogP contribution in [0.2, 0.25) is 5.02 Å². The maximum absolute atomic E-state index is 13.1. The molecule has 1 aromatic carbocycles. The van der Waals surface area contributed by atoms with Crippen molar-refractivity contribution in [3.8, 4) is 0 Å². The van der Waals surface area contributed by atoms with Crippen LogP contribution in [0.1, 0.15) is 22.0 Å². The van der Waals surface area contributed by atoms with E-state index in [1.807, 2.05) is 7.05 Å². The second kappa shape index (κ2) is 5.17. The first-order valence-corrected chi connectivity index (χ1v) is 6.55. The van der Waals surface area contributed by atoms with Crippen molar-refractivity contribution < 1.29 is 4.39 Å². The molecule has 1 aromatic heterocycles. The van der Waals surface area contributed by atoms with Gasteiger partial charge in [0.05, 0.1) is 11.1 Å². The Labute approximate surface area is 109 Å². The molecule has 0 bridgehead atoms. The zero-order valence-corrected chi connectivity index (χ0v) is 11.2. The highest BCUT2D eigenvalue weighted by atomic mass is 35.5. The highest BCUT2D eigenvalue weighted by Gasteiger charge is 2.16. The molecule has 0 spiro atoms. The standard InChI is InChI=1S/C13H13ClFNS/c1-8-5-6-17-13(8)12(16-2)9-3-4-11(15)10(14)7-9/h3-7,12,16H,1-2H3. The average molecular weight is 270 g/mol. The fraction of sp³-hybridized carbons (Fsp3) is 0.231. The highest BCUT2D eigenvalue weighted by molar-refractivity contribution is 7.10. The van der Waals surface area contributed by atoms with Gasteiger partial charge in [0.25, 0.3) is 0 Å². The molecule has 1 unspecified atom stereocenters. The number of rotatable bonds is 3. The lowest BCUT2D eigenvalue weighted by atomic mass is 10.0. The molecule has 0 radical (unpaired) electrons. The molecule has 0 amide bonds. The first kappa shape index (κ1) is 12.6. The van der Waals surface area contributed by atoms with Gasteiger partial charge in [0.15, 0.2) is 0 Å². The van der Waals surface area contributed by atoms with E-state index in [1.54, 1.807) is 23.5 Å². The molecule has 0 aliphatic carbocycles. The summed E-state index contributed by atoms with van der Waals surface area (Å²) in [5.41, 5.74) is 2.21. The molecule has 0 fully saturated rings. The van der Waals surface area contributed by atoms with Gasteiger partial charge in [-0.1, -0.05) is 17.7 Å². The molecule has 0 saturated carbocycles. The van der Waals surface area contributed by atoms with Crippen molar-refractivity contribution in [2.24, 2.45) is 0 Å². The van der Waals surface area contributed by atoms with Crippen molar-refractivity contribution in [3.05, 3.63) is 56.5 Å². The molecule has 90 valence electrons. The summed E-state index contributed by atoms with van der Waals surface area (Å²) < 4.78 is 13.1. The lowest BCUT2D eigenvalue weighted by Crippen LogP contribution is -2.17. The molecule has 0 aliphatic rings. The van der Waals surface area contributed by atoms with Gasteiger partial charge in [0.1, 0.15) is 5.82 Å². The van der Waals surface area contributed by atoms with Crippen molar-refractivity contribution in [1.82, 2.24) is 5.32 Å². The van der Waals surface area contributed by atoms with E-state index in [4.69, 9.17) is 11.6 Å². The summed E-state index contributed by atoms with van der Waals surface area (Å²) in [6, 6.07) is 6.99. The Hall–Kier alpha value is -0.900. The zero-order chi connectivity index (χ0) is 12.4. The van der Waals surface area contributed by atoms with E-state index in [0.717, 1.165) is 5.56 Å². The molecule has 2 rings (SSSR count). The normalized spacial score (nSPS) is 12.7. The summed E-state index contributed by atoms with van der Waals surface area (Å²) >= 11 is 7.50. The summed E-state index contributed by atoms with van der Waals surface area (Å²) in [5, 5.41) is 5.46. The monoisotopic (exact) mass is 269 g/mol. The van der Waals surface area contributed by atoms with Crippen LogP contribution in [0.25, 0.3) is 0 Å². The minimum absolute atomic E-state index is 0.0631. The maximum atomic E-state index is 13.1. The molecule has 1 N–H and O–H groups in total. The van der Waals surface area contributed by atoms with E-state index in [9.17, 15) is 4.39 Å². The first-order valence-electron chi connectivity index (χ1n) is 5.29. The van der Waals surface area contributed by atoms with Gasteiger partial charge in [-0.3, -0.25) is 0 Å². The topological polar surface area (TPSA) is 12.0 Å². The van der Waals surface area contributed by atoms with Gasteiger partial charge in [-0.25, -0.2) is 4.39 Å². The first-order chi connectivity index (χ1) is 8.13. The predicted molar refractivity (Wildman–Crippen MR) is 71.4 cm³/mol. The summed E-state index contributed by atoms with van der Waals surface area (Å²) in [6.07, 6.45) is 0. The molecule has 1 heterocycles. The highest BCUT2D eigenvalue weighted by Crippen LogP contribution is 2.30.